The molecule has 0 N–H and O–H groups in total. The number of carbonyl (C=O) groups is 1. The fraction of sp³-hybridized carbons (Fsp3) is 0.200. The lowest BCUT2D eigenvalue weighted by atomic mass is 10.3. The van der Waals surface area contributed by atoms with Gasteiger partial charge in [0.1, 0.15) is 5.82 Å². The Labute approximate surface area is 91.0 Å². The van der Waals surface area contributed by atoms with Crippen molar-refractivity contribution in [2.24, 2.45) is 4.99 Å². The van der Waals surface area contributed by atoms with Crippen molar-refractivity contribution >= 4 is 28.5 Å². The maximum absolute atomic E-state index is 13.4. The zero-order valence-electron chi connectivity index (χ0n) is 8.11. The molecule has 0 saturated carbocycles. The largest absolute Gasteiger partial charge is 0.321 e. The lowest BCUT2D eigenvalue weighted by Gasteiger charge is -2.18. The van der Waals surface area contributed by atoms with E-state index in [1.807, 2.05) is 0 Å². The van der Waals surface area contributed by atoms with Gasteiger partial charge in [-0.2, -0.15) is 4.99 Å². The van der Waals surface area contributed by atoms with Crippen LogP contribution in [0.5, 0.6) is 0 Å². The number of aliphatic imine (C=N–C) groups is 1. The molecule has 0 unspecified atom stereocenters. The molecule has 0 radical (unpaired) electrons. The summed E-state index contributed by atoms with van der Waals surface area (Å²) < 4.78 is 13.4. The van der Waals surface area contributed by atoms with Crippen LogP contribution in [0.2, 0.25) is 0 Å². The second-order valence-corrected chi connectivity index (χ2v) is 4.03. The van der Waals surface area contributed by atoms with Crippen molar-refractivity contribution in [2.45, 2.75) is 0 Å². The first kappa shape index (κ1) is 10.2. The van der Waals surface area contributed by atoms with Crippen LogP contribution >= 0.6 is 11.8 Å². The highest BCUT2D eigenvalue weighted by Gasteiger charge is 2.20. The third-order valence-corrected chi connectivity index (χ3v) is 3.06. The zero-order valence-corrected chi connectivity index (χ0v) is 8.92. The first-order chi connectivity index (χ1) is 7.18. The van der Waals surface area contributed by atoms with Crippen LogP contribution in [0.1, 0.15) is 0 Å². The van der Waals surface area contributed by atoms with Crippen LogP contribution in [0.25, 0.3) is 0 Å². The predicted octanol–water partition coefficient (Wildman–Crippen LogP) is 1.89. The molecule has 1 aliphatic rings. The zero-order chi connectivity index (χ0) is 10.8. The molecule has 1 aromatic carbocycles. The lowest BCUT2D eigenvalue weighted by Crippen LogP contribution is -2.23. The number of amidine groups is 1. The second-order valence-electron chi connectivity index (χ2n) is 3.09. The van der Waals surface area contributed by atoms with Gasteiger partial charge < -0.3 is 4.90 Å². The van der Waals surface area contributed by atoms with E-state index in [0.717, 1.165) is 0 Å². The van der Waals surface area contributed by atoms with E-state index in [1.54, 1.807) is 30.1 Å². The van der Waals surface area contributed by atoms with Crippen LogP contribution in [0.3, 0.4) is 0 Å². The monoisotopic (exact) mass is 224 g/mol. The first-order valence-electron chi connectivity index (χ1n) is 4.41. The van der Waals surface area contributed by atoms with Crippen LogP contribution < -0.4 is 4.90 Å². The number of amides is 1. The Balaban J connectivity index is 2.29. The van der Waals surface area contributed by atoms with Crippen molar-refractivity contribution in [1.29, 1.82) is 0 Å². The smallest absolute Gasteiger partial charge is 0.258 e. The maximum atomic E-state index is 13.4. The van der Waals surface area contributed by atoms with Crippen molar-refractivity contribution in [3.05, 3.63) is 30.1 Å². The van der Waals surface area contributed by atoms with Crippen LogP contribution in [0.15, 0.2) is 29.3 Å². The van der Waals surface area contributed by atoms with Gasteiger partial charge in [-0.25, -0.2) is 4.39 Å². The van der Waals surface area contributed by atoms with Gasteiger partial charge in [0.2, 0.25) is 0 Å². The van der Waals surface area contributed by atoms with E-state index < -0.39 is 0 Å². The Morgan fingerprint density at radius 3 is 2.80 bits per heavy atom. The summed E-state index contributed by atoms with van der Waals surface area (Å²) in [5.74, 6) is -0.144. The molecule has 0 bridgehead atoms. The summed E-state index contributed by atoms with van der Waals surface area (Å²) in [5.41, 5.74) is 0.429. The molecule has 0 spiro atoms. The van der Waals surface area contributed by atoms with Crippen molar-refractivity contribution in [1.82, 2.24) is 0 Å². The summed E-state index contributed by atoms with van der Waals surface area (Å²) in [6, 6.07) is 6.41. The molecular weight excluding hydrogens is 215 g/mol. The SMILES string of the molecule is CN(C1=NC(=O)CS1)c1ccccc1F. The van der Waals surface area contributed by atoms with Gasteiger partial charge in [0.25, 0.3) is 5.91 Å². The molecule has 15 heavy (non-hydrogen) atoms. The Morgan fingerprint density at radius 1 is 1.47 bits per heavy atom. The van der Waals surface area contributed by atoms with Crippen LogP contribution in [-0.2, 0) is 4.79 Å². The minimum absolute atomic E-state index is 0.168. The number of nitrogens with zero attached hydrogens (tertiary/aromatic N) is 2. The number of thioether (sulfide) groups is 1. The van der Waals surface area contributed by atoms with Gasteiger partial charge in [-0.15, -0.1) is 0 Å². The third-order valence-electron chi connectivity index (χ3n) is 2.05. The molecule has 1 aromatic rings. The lowest BCUT2D eigenvalue weighted by molar-refractivity contribution is -0.115. The minimum atomic E-state index is -0.317. The fourth-order valence-electron chi connectivity index (χ4n) is 1.30. The molecule has 78 valence electrons. The van der Waals surface area contributed by atoms with E-state index in [9.17, 15) is 9.18 Å². The highest BCUT2D eigenvalue weighted by atomic mass is 32.2. The summed E-state index contributed by atoms with van der Waals surface area (Å²) in [6.45, 7) is 0. The van der Waals surface area contributed by atoms with Gasteiger partial charge >= 0.3 is 0 Å². The van der Waals surface area contributed by atoms with Crippen molar-refractivity contribution in [3.63, 3.8) is 0 Å². The number of benzene rings is 1. The predicted molar refractivity (Wildman–Crippen MR) is 59.7 cm³/mol. The van der Waals surface area contributed by atoms with Gasteiger partial charge in [0, 0.05) is 7.05 Å². The standard InChI is InChI=1S/C10H9FN2OS/c1-13(10-12-9(14)6-15-10)8-5-3-2-4-7(8)11/h2-5H,6H2,1H3. The van der Waals surface area contributed by atoms with E-state index in [0.29, 0.717) is 16.6 Å². The summed E-state index contributed by atoms with van der Waals surface area (Å²) in [5, 5.41) is 0.546. The van der Waals surface area contributed by atoms with Crippen LogP contribution in [-0.4, -0.2) is 23.9 Å². The number of anilines is 1. The molecular formula is C10H9FN2OS. The van der Waals surface area contributed by atoms with E-state index in [4.69, 9.17) is 0 Å². The number of rotatable bonds is 1. The molecule has 1 aliphatic heterocycles. The third kappa shape index (κ3) is 2.02. The quantitative estimate of drug-likeness (QED) is 0.730. The molecule has 1 heterocycles. The first-order valence-corrected chi connectivity index (χ1v) is 5.39. The van der Waals surface area contributed by atoms with E-state index >= 15 is 0 Å². The number of halogens is 1. The van der Waals surface area contributed by atoms with Gasteiger partial charge in [-0.05, 0) is 12.1 Å². The number of hydrogen-bond donors (Lipinski definition) is 0. The molecule has 3 nitrogen and oxygen atoms in total. The maximum Gasteiger partial charge on any atom is 0.258 e. The molecule has 0 aliphatic carbocycles. The average Bonchev–Trinajstić information content (AvgIpc) is 2.65. The summed E-state index contributed by atoms with van der Waals surface area (Å²) in [6.07, 6.45) is 0. The molecule has 0 saturated heterocycles. The molecule has 0 atom stereocenters. The second kappa shape index (κ2) is 4.02. The number of hydrogen-bond acceptors (Lipinski definition) is 3. The molecule has 2 rings (SSSR count). The highest BCUT2D eigenvalue weighted by Crippen LogP contribution is 2.23. The van der Waals surface area contributed by atoms with Crippen molar-refractivity contribution < 1.29 is 9.18 Å². The van der Waals surface area contributed by atoms with Crippen LogP contribution in [0.4, 0.5) is 10.1 Å². The Hall–Kier alpha value is -1.36. The average molecular weight is 224 g/mol. The Morgan fingerprint density at radius 2 is 2.20 bits per heavy atom. The molecule has 5 heteroatoms. The topological polar surface area (TPSA) is 32.7 Å². The molecule has 0 fully saturated rings. The molecule has 1 amide bonds. The highest BCUT2D eigenvalue weighted by molar-refractivity contribution is 8.15. The number of carbonyl (C=O) groups excluding carboxylic acids is 1. The van der Waals surface area contributed by atoms with Crippen molar-refractivity contribution in [2.75, 3.05) is 17.7 Å². The van der Waals surface area contributed by atoms with Crippen LogP contribution in [0, 0.1) is 5.82 Å². The Bertz CT molecular complexity index is 433. The van der Waals surface area contributed by atoms with Gasteiger partial charge in [-0.3, -0.25) is 4.79 Å². The van der Waals surface area contributed by atoms with Gasteiger partial charge in [-0.1, -0.05) is 23.9 Å². The van der Waals surface area contributed by atoms with Crippen molar-refractivity contribution in [3.8, 4) is 0 Å². The Kier molecular flexibility index (Phi) is 2.73. The summed E-state index contributed by atoms with van der Waals surface area (Å²) in [7, 11) is 1.70. The summed E-state index contributed by atoms with van der Waals surface area (Å²) >= 11 is 1.32. The number of para-hydroxylation sites is 1. The van der Waals surface area contributed by atoms with Gasteiger partial charge in [0.05, 0.1) is 11.4 Å². The fourth-order valence-corrected chi connectivity index (χ4v) is 2.07. The minimum Gasteiger partial charge on any atom is -0.321 e. The van der Waals surface area contributed by atoms with E-state index in [-0.39, 0.29) is 11.7 Å². The molecule has 0 aromatic heterocycles. The normalized spacial score (nSPS) is 15.3. The van der Waals surface area contributed by atoms with Gasteiger partial charge in [0.15, 0.2) is 5.17 Å². The summed E-state index contributed by atoms with van der Waals surface area (Å²) in [4.78, 5) is 16.3. The van der Waals surface area contributed by atoms with E-state index in [1.165, 1.54) is 17.8 Å². The van der Waals surface area contributed by atoms with E-state index in [2.05, 4.69) is 4.99 Å².